The van der Waals surface area contributed by atoms with Crippen molar-refractivity contribution in [1.82, 2.24) is 14.3 Å². The molecular weight excluding hydrogens is 370 g/mol. The molecule has 6 heteroatoms. The van der Waals surface area contributed by atoms with E-state index < -0.39 is 0 Å². The van der Waals surface area contributed by atoms with Crippen LogP contribution in [-0.2, 0) is 14.1 Å². The predicted octanol–water partition coefficient (Wildman–Crippen LogP) is 4.42. The van der Waals surface area contributed by atoms with E-state index in [4.69, 9.17) is 0 Å². The van der Waals surface area contributed by atoms with Crippen molar-refractivity contribution in [2.24, 2.45) is 14.1 Å². The molecule has 0 atom stereocenters. The summed E-state index contributed by atoms with van der Waals surface area (Å²) in [6.07, 6.45) is 5.54. The van der Waals surface area contributed by atoms with Crippen LogP contribution < -0.4 is 5.56 Å². The lowest BCUT2D eigenvalue weighted by atomic mass is 9.97. The molecule has 2 aromatic carbocycles. The Balaban J connectivity index is 2.01. The van der Waals surface area contributed by atoms with E-state index in [0.717, 1.165) is 38.3 Å². The van der Waals surface area contributed by atoms with Crippen molar-refractivity contribution in [3.8, 4) is 28.0 Å². The van der Waals surface area contributed by atoms with Crippen molar-refractivity contribution in [3.05, 3.63) is 65.3 Å². The number of pyridine rings is 1. The standard InChI is InChI=1S/C22H21N3O2S/c1-4-28-16-6-8-21(26)19(10-16)20-13-24(2)22(27)17-7-5-14(9-18(17)20)15-11-23-25(3)12-15/h5-13,26H,4H2,1-3H3. The van der Waals surface area contributed by atoms with Crippen LogP contribution in [0.4, 0.5) is 0 Å². The molecule has 4 aromatic rings. The molecule has 0 unspecified atom stereocenters. The van der Waals surface area contributed by atoms with Gasteiger partial charge in [-0.05, 0) is 47.0 Å². The number of hydrogen-bond donors (Lipinski definition) is 1. The first kappa shape index (κ1) is 18.4. The average Bonchev–Trinajstić information content (AvgIpc) is 3.12. The van der Waals surface area contributed by atoms with E-state index >= 15 is 0 Å². The highest BCUT2D eigenvalue weighted by atomic mass is 32.2. The zero-order chi connectivity index (χ0) is 19.8. The maximum atomic E-state index is 12.7. The Hall–Kier alpha value is -2.99. The van der Waals surface area contributed by atoms with Crippen LogP contribution in [-0.4, -0.2) is 25.2 Å². The molecule has 28 heavy (non-hydrogen) atoms. The molecule has 0 saturated carbocycles. The molecule has 0 aliphatic rings. The number of fused-ring (bicyclic) bond motifs is 1. The second-order valence-electron chi connectivity index (χ2n) is 6.73. The van der Waals surface area contributed by atoms with Crippen LogP contribution in [0.5, 0.6) is 5.75 Å². The third-order valence-corrected chi connectivity index (χ3v) is 5.67. The molecule has 0 saturated heterocycles. The van der Waals surface area contributed by atoms with Crippen molar-refractivity contribution >= 4 is 22.5 Å². The number of phenols is 1. The Labute approximate surface area is 167 Å². The van der Waals surface area contributed by atoms with Gasteiger partial charge in [0.2, 0.25) is 0 Å². The number of aromatic hydroxyl groups is 1. The molecule has 0 aliphatic heterocycles. The summed E-state index contributed by atoms with van der Waals surface area (Å²) < 4.78 is 3.32. The molecule has 2 heterocycles. The van der Waals surface area contributed by atoms with Crippen molar-refractivity contribution in [3.63, 3.8) is 0 Å². The highest BCUT2D eigenvalue weighted by Gasteiger charge is 2.14. The summed E-state index contributed by atoms with van der Waals surface area (Å²) in [6, 6.07) is 11.4. The van der Waals surface area contributed by atoms with Gasteiger partial charge in [-0.15, -0.1) is 11.8 Å². The summed E-state index contributed by atoms with van der Waals surface area (Å²) in [5.41, 5.74) is 3.46. The molecule has 5 nitrogen and oxygen atoms in total. The molecule has 0 aliphatic carbocycles. The van der Waals surface area contributed by atoms with Crippen molar-refractivity contribution in [1.29, 1.82) is 0 Å². The summed E-state index contributed by atoms with van der Waals surface area (Å²) in [5.74, 6) is 1.15. The van der Waals surface area contributed by atoms with E-state index in [9.17, 15) is 9.90 Å². The molecule has 2 aromatic heterocycles. The molecular formula is C22H21N3O2S. The maximum Gasteiger partial charge on any atom is 0.258 e. The van der Waals surface area contributed by atoms with Crippen molar-refractivity contribution < 1.29 is 5.11 Å². The van der Waals surface area contributed by atoms with Gasteiger partial charge in [-0.2, -0.15) is 5.10 Å². The van der Waals surface area contributed by atoms with Gasteiger partial charge in [0.15, 0.2) is 0 Å². The van der Waals surface area contributed by atoms with Crippen LogP contribution in [0.1, 0.15) is 6.92 Å². The Morgan fingerprint density at radius 1 is 1.00 bits per heavy atom. The molecule has 0 bridgehead atoms. The first-order valence-electron chi connectivity index (χ1n) is 9.06. The number of rotatable bonds is 4. The van der Waals surface area contributed by atoms with Crippen LogP contribution in [0.15, 0.2) is 64.7 Å². The second-order valence-corrected chi connectivity index (χ2v) is 8.07. The van der Waals surface area contributed by atoms with E-state index in [2.05, 4.69) is 12.0 Å². The van der Waals surface area contributed by atoms with Gasteiger partial charge >= 0.3 is 0 Å². The molecule has 142 valence electrons. The number of phenolic OH excluding ortho intramolecular Hbond substituents is 1. The first-order chi connectivity index (χ1) is 13.5. The summed E-state index contributed by atoms with van der Waals surface area (Å²) in [6.45, 7) is 2.10. The molecule has 0 fully saturated rings. The number of nitrogens with zero attached hydrogens (tertiary/aromatic N) is 3. The minimum atomic E-state index is -0.0601. The van der Waals surface area contributed by atoms with Crippen LogP contribution in [0.2, 0.25) is 0 Å². The zero-order valence-corrected chi connectivity index (χ0v) is 16.8. The fourth-order valence-electron chi connectivity index (χ4n) is 3.42. The number of aromatic nitrogens is 3. The lowest BCUT2D eigenvalue weighted by Gasteiger charge is -2.13. The Morgan fingerprint density at radius 2 is 1.82 bits per heavy atom. The maximum absolute atomic E-state index is 12.7. The largest absolute Gasteiger partial charge is 0.507 e. The van der Waals surface area contributed by atoms with Crippen molar-refractivity contribution in [2.75, 3.05) is 5.75 Å². The average molecular weight is 391 g/mol. The normalized spacial score (nSPS) is 11.2. The van der Waals surface area contributed by atoms with Gasteiger partial charge in [-0.3, -0.25) is 9.48 Å². The summed E-state index contributed by atoms with van der Waals surface area (Å²) in [4.78, 5) is 13.8. The lowest BCUT2D eigenvalue weighted by molar-refractivity contribution is 0.477. The lowest BCUT2D eigenvalue weighted by Crippen LogP contribution is -2.16. The highest BCUT2D eigenvalue weighted by Crippen LogP contribution is 2.37. The third-order valence-electron chi connectivity index (χ3n) is 4.79. The first-order valence-corrected chi connectivity index (χ1v) is 10.0. The molecule has 0 spiro atoms. The number of hydrogen-bond acceptors (Lipinski definition) is 4. The fraction of sp³-hybridized carbons (Fsp3) is 0.182. The summed E-state index contributed by atoms with van der Waals surface area (Å²) in [5, 5.41) is 16.2. The van der Waals surface area contributed by atoms with Crippen LogP contribution in [0.3, 0.4) is 0 Å². The fourth-order valence-corrected chi connectivity index (χ4v) is 4.12. The third kappa shape index (κ3) is 3.20. The van der Waals surface area contributed by atoms with Crippen LogP contribution >= 0.6 is 11.8 Å². The van der Waals surface area contributed by atoms with E-state index in [0.29, 0.717) is 5.39 Å². The van der Waals surface area contributed by atoms with E-state index in [-0.39, 0.29) is 11.3 Å². The number of benzene rings is 2. The highest BCUT2D eigenvalue weighted by molar-refractivity contribution is 7.99. The smallest absolute Gasteiger partial charge is 0.258 e. The minimum Gasteiger partial charge on any atom is -0.507 e. The predicted molar refractivity (Wildman–Crippen MR) is 115 cm³/mol. The molecule has 1 N–H and O–H groups in total. The number of aryl methyl sites for hydroxylation is 2. The quantitative estimate of drug-likeness (QED) is 0.523. The number of thioether (sulfide) groups is 1. The van der Waals surface area contributed by atoms with Crippen LogP contribution in [0.25, 0.3) is 33.0 Å². The second kappa shape index (κ2) is 7.20. The van der Waals surface area contributed by atoms with E-state index in [1.165, 1.54) is 0 Å². The summed E-state index contributed by atoms with van der Waals surface area (Å²) >= 11 is 1.72. The van der Waals surface area contributed by atoms with Gasteiger partial charge in [0.1, 0.15) is 5.75 Å². The summed E-state index contributed by atoms with van der Waals surface area (Å²) in [7, 11) is 3.61. The van der Waals surface area contributed by atoms with Gasteiger partial charge in [0.25, 0.3) is 5.56 Å². The Bertz CT molecular complexity index is 1240. The van der Waals surface area contributed by atoms with Gasteiger partial charge in [-0.1, -0.05) is 13.0 Å². The Morgan fingerprint density at radius 3 is 2.54 bits per heavy atom. The monoisotopic (exact) mass is 391 g/mol. The molecule has 4 rings (SSSR count). The van der Waals surface area contributed by atoms with Gasteiger partial charge in [0.05, 0.1) is 6.20 Å². The van der Waals surface area contributed by atoms with E-state index in [1.54, 1.807) is 46.5 Å². The molecule has 0 radical (unpaired) electrons. The SMILES string of the molecule is CCSc1ccc(O)c(-c2cn(C)c(=O)c3ccc(-c4cnn(C)c4)cc23)c1. The van der Waals surface area contributed by atoms with E-state index in [1.807, 2.05) is 43.6 Å². The van der Waals surface area contributed by atoms with Gasteiger partial charge < -0.3 is 9.67 Å². The van der Waals surface area contributed by atoms with Crippen LogP contribution in [0, 0.1) is 0 Å². The van der Waals surface area contributed by atoms with Crippen molar-refractivity contribution in [2.45, 2.75) is 11.8 Å². The molecule has 0 amide bonds. The van der Waals surface area contributed by atoms with Gasteiger partial charge in [0, 0.05) is 53.5 Å². The Kier molecular flexibility index (Phi) is 4.73. The van der Waals surface area contributed by atoms with Gasteiger partial charge in [-0.25, -0.2) is 0 Å². The zero-order valence-electron chi connectivity index (χ0n) is 16.0. The minimum absolute atomic E-state index is 0.0601. The topological polar surface area (TPSA) is 60.1 Å².